The monoisotopic (exact) mass is 398 g/mol. The third-order valence-electron chi connectivity index (χ3n) is 4.41. The van der Waals surface area contributed by atoms with Crippen molar-refractivity contribution in [2.75, 3.05) is 24.3 Å². The zero-order chi connectivity index (χ0) is 18.9. The number of thioether (sulfide) groups is 1. The van der Waals surface area contributed by atoms with E-state index in [0.717, 1.165) is 5.56 Å². The Kier molecular flexibility index (Phi) is 5.33. The lowest BCUT2D eigenvalue weighted by atomic mass is 10.2. The summed E-state index contributed by atoms with van der Waals surface area (Å²) in [7, 11) is 0.378. The third-order valence-corrected chi connectivity index (χ3v) is 7.17. The van der Waals surface area contributed by atoms with Gasteiger partial charge in [0.1, 0.15) is 5.82 Å². The van der Waals surface area contributed by atoms with Crippen molar-refractivity contribution < 1.29 is 17.6 Å². The first-order chi connectivity index (χ1) is 12.3. The molecule has 140 valence electrons. The minimum absolute atomic E-state index is 0.0264. The van der Waals surface area contributed by atoms with Gasteiger partial charge in [0.25, 0.3) is 0 Å². The van der Waals surface area contributed by atoms with Gasteiger partial charge in [0, 0.05) is 25.7 Å². The number of hydrogen-bond acceptors (Lipinski definition) is 6. The standard InChI is InChI=1S/C16H19FN4O3S2/c1-20(13-7-8-26(23,24)10-13)14(22)9-25-16-19-18-15(21(16)2)11-3-5-12(17)6-4-11/h3-6,13H,7-10H2,1-2H3/t13-/m1/s1. The predicted octanol–water partition coefficient (Wildman–Crippen LogP) is 1.36. The van der Waals surface area contributed by atoms with Gasteiger partial charge in [-0.2, -0.15) is 0 Å². The highest BCUT2D eigenvalue weighted by molar-refractivity contribution is 7.99. The second-order valence-electron chi connectivity index (χ2n) is 6.22. The largest absolute Gasteiger partial charge is 0.341 e. The van der Waals surface area contributed by atoms with E-state index in [-0.39, 0.29) is 35.0 Å². The van der Waals surface area contributed by atoms with E-state index in [1.807, 2.05) is 0 Å². The summed E-state index contributed by atoms with van der Waals surface area (Å²) in [6.07, 6.45) is 0.480. The topological polar surface area (TPSA) is 85.2 Å². The number of amides is 1. The molecule has 26 heavy (non-hydrogen) atoms. The summed E-state index contributed by atoms with van der Waals surface area (Å²) in [6.45, 7) is 0. The van der Waals surface area contributed by atoms with Gasteiger partial charge in [-0.15, -0.1) is 10.2 Å². The van der Waals surface area contributed by atoms with E-state index in [4.69, 9.17) is 0 Å². The van der Waals surface area contributed by atoms with Gasteiger partial charge in [-0.25, -0.2) is 12.8 Å². The Morgan fingerprint density at radius 3 is 2.65 bits per heavy atom. The van der Waals surface area contributed by atoms with Crippen LogP contribution in [0.2, 0.25) is 0 Å². The van der Waals surface area contributed by atoms with Gasteiger partial charge < -0.3 is 9.47 Å². The number of rotatable bonds is 5. The molecule has 2 aromatic rings. The molecule has 1 fully saturated rings. The van der Waals surface area contributed by atoms with Crippen LogP contribution in [-0.4, -0.2) is 64.3 Å². The molecule has 1 aromatic heterocycles. The van der Waals surface area contributed by atoms with Crippen molar-refractivity contribution in [1.29, 1.82) is 0 Å². The Bertz CT molecular complexity index is 912. The molecular weight excluding hydrogens is 379 g/mol. The Hall–Kier alpha value is -1.94. The number of benzene rings is 1. The fraction of sp³-hybridized carbons (Fsp3) is 0.438. The van der Waals surface area contributed by atoms with E-state index >= 15 is 0 Å². The first kappa shape index (κ1) is 18.8. The average Bonchev–Trinajstić information content (AvgIpc) is 3.15. The van der Waals surface area contributed by atoms with Crippen molar-refractivity contribution in [3.8, 4) is 11.4 Å². The van der Waals surface area contributed by atoms with Crippen molar-refractivity contribution in [2.45, 2.75) is 17.6 Å². The minimum Gasteiger partial charge on any atom is -0.341 e. The van der Waals surface area contributed by atoms with Crippen molar-refractivity contribution in [3.05, 3.63) is 30.1 Å². The predicted molar refractivity (Wildman–Crippen MR) is 96.9 cm³/mol. The zero-order valence-corrected chi connectivity index (χ0v) is 16.1. The molecule has 0 aliphatic carbocycles. The summed E-state index contributed by atoms with van der Waals surface area (Å²) in [6, 6.07) is 5.68. The number of hydrogen-bond donors (Lipinski definition) is 0. The van der Waals surface area contributed by atoms with Gasteiger partial charge in [-0.05, 0) is 30.7 Å². The highest BCUT2D eigenvalue weighted by atomic mass is 32.2. The molecule has 1 saturated heterocycles. The van der Waals surface area contributed by atoms with Crippen LogP contribution >= 0.6 is 11.8 Å². The smallest absolute Gasteiger partial charge is 0.233 e. The number of carbonyl (C=O) groups excluding carboxylic acids is 1. The fourth-order valence-electron chi connectivity index (χ4n) is 2.80. The van der Waals surface area contributed by atoms with E-state index in [9.17, 15) is 17.6 Å². The second kappa shape index (κ2) is 7.36. The van der Waals surface area contributed by atoms with Gasteiger partial charge in [0.15, 0.2) is 20.8 Å². The summed E-state index contributed by atoms with van der Waals surface area (Å²) in [5.41, 5.74) is 0.729. The maximum Gasteiger partial charge on any atom is 0.233 e. The van der Waals surface area contributed by atoms with Crippen LogP contribution in [0.4, 0.5) is 4.39 Å². The Morgan fingerprint density at radius 2 is 2.04 bits per heavy atom. The maximum absolute atomic E-state index is 13.0. The Morgan fingerprint density at radius 1 is 1.35 bits per heavy atom. The first-order valence-corrected chi connectivity index (χ1v) is 10.8. The molecule has 0 saturated carbocycles. The van der Waals surface area contributed by atoms with Crippen LogP contribution in [0.5, 0.6) is 0 Å². The summed E-state index contributed by atoms with van der Waals surface area (Å²) in [5, 5.41) is 8.74. The number of aromatic nitrogens is 3. The maximum atomic E-state index is 13.0. The molecule has 0 bridgehead atoms. The lowest BCUT2D eigenvalue weighted by Crippen LogP contribution is -2.38. The summed E-state index contributed by atoms with van der Waals surface area (Å²) in [5.74, 6) is 0.403. The molecule has 2 heterocycles. The molecule has 1 aliphatic heterocycles. The van der Waals surface area contributed by atoms with Gasteiger partial charge in [-0.3, -0.25) is 4.79 Å². The van der Waals surface area contributed by atoms with Crippen LogP contribution in [-0.2, 0) is 21.7 Å². The second-order valence-corrected chi connectivity index (χ2v) is 9.39. The summed E-state index contributed by atoms with van der Waals surface area (Å²) in [4.78, 5) is 13.9. The van der Waals surface area contributed by atoms with E-state index in [2.05, 4.69) is 10.2 Å². The van der Waals surface area contributed by atoms with Crippen LogP contribution < -0.4 is 0 Å². The molecule has 0 radical (unpaired) electrons. The van der Waals surface area contributed by atoms with Crippen molar-refractivity contribution in [2.24, 2.45) is 7.05 Å². The van der Waals surface area contributed by atoms with Crippen molar-refractivity contribution in [3.63, 3.8) is 0 Å². The highest BCUT2D eigenvalue weighted by Crippen LogP contribution is 2.24. The molecule has 0 N–H and O–H groups in total. The molecule has 0 spiro atoms. The lowest BCUT2D eigenvalue weighted by molar-refractivity contribution is -0.128. The summed E-state index contributed by atoms with van der Waals surface area (Å²) >= 11 is 1.24. The van der Waals surface area contributed by atoms with E-state index in [1.54, 1.807) is 30.8 Å². The van der Waals surface area contributed by atoms with Crippen LogP contribution in [0.1, 0.15) is 6.42 Å². The van der Waals surface area contributed by atoms with Gasteiger partial charge in [0.2, 0.25) is 5.91 Å². The number of sulfone groups is 1. The highest BCUT2D eigenvalue weighted by Gasteiger charge is 2.32. The van der Waals surface area contributed by atoms with Crippen LogP contribution in [0, 0.1) is 5.82 Å². The normalized spacial score (nSPS) is 18.8. The molecule has 1 atom stereocenters. The Balaban J connectivity index is 1.63. The van der Waals surface area contributed by atoms with Crippen molar-refractivity contribution >= 4 is 27.5 Å². The lowest BCUT2D eigenvalue weighted by Gasteiger charge is -2.23. The van der Waals surface area contributed by atoms with E-state index in [0.29, 0.717) is 17.4 Å². The van der Waals surface area contributed by atoms with Gasteiger partial charge in [-0.1, -0.05) is 11.8 Å². The molecule has 10 heteroatoms. The summed E-state index contributed by atoms with van der Waals surface area (Å²) < 4.78 is 37.9. The first-order valence-electron chi connectivity index (χ1n) is 8.01. The van der Waals surface area contributed by atoms with Crippen LogP contribution in [0.3, 0.4) is 0 Å². The fourth-order valence-corrected chi connectivity index (χ4v) is 5.41. The minimum atomic E-state index is -3.03. The number of halogens is 1. The van der Waals surface area contributed by atoms with Crippen molar-refractivity contribution in [1.82, 2.24) is 19.7 Å². The van der Waals surface area contributed by atoms with Gasteiger partial charge >= 0.3 is 0 Å². The number of carbonyl (C=O) groups is 1. The Labute approximate surface area is 155 Å². The molecule has 1 aliphatic rings. The molecule has 7 nitrogen and oxygen atoms in total. The molecule has 3 rings (SSSR count). The average molecular weight is 398 g/mol. The zero-order valence-electron chi connectivity index (χ0n) is 14.4. The molecule has 0 unspecified atom stereocenters. The molecular formula is C16H19FN4O3S2. The molecule has 1 amide bonds. The SMILES string of the molecule is CN(C(=O)CSc1nnc(-c2ccc(F)cc2)n1C)[C@@H]1CCS(=O)(=O)C1. The molecule has 1 aromatic carbocycles. The van der Waals surface area contributed by atoms with Gasteiger partial charge in [0.05, 0.1) is 17.3 Å². The third kappa shape index (κ3) is 4.07. The van der Waals surface area contributed by atoms with E-state index in [1.165, 1.54) is 28.8 Å². The number of nitrogens with zero attached hydrogens (tertiary/aromatic N) is 4. The van der Waals surface area contributed by atoms with Crippen LogP contribution in [0.25, 0.3) is 11.4 Å². The quantitative estimate of drug-likeness (QED) is 0.707. The van der Waals surface area contributed by atoms with Crippen LogP contribution in [0.15, 0.2) is 29.4 Å². The van der Waals surface area contributed by atoms with E-state index < -0.39 is 9.84 Å².